The number of nitrogens with one attached hydrogen (secondary N) is 1. The zero-order valence-electron chi connectivity index (χ0n) is 31.2. The van der Waals surface area contributed by atoms with Crippen molar-refractivity contribution in [2.75, 3.05) is 19.6 Å². The van der Waals surface area contributed by atoms with E-state index in [2.05, 4.69) is 10.5 Å². The molecule has 0 radical (unpaired) electrons. The van der Waals surface area contributed by atoms with Crippen LogP contribution in [0.1, 0.15) is 75.3 Å². The minimum atomic E-state index is -0.774. The quantitative estimate of drug-likeness (QED) is 0.143. The fourth-order valence-electron chi connectivity index (χ4n) is 6.78. The van der Waals surface area contributed by atoms with Gasteiger partial charge in [-0.2, -0.15) is 0 Å². The molecule has 0 bridgehead atoms. The Morgan fingerprint density at radius 1 is 1.00 bits per heavy atom. The van der Waals surface area contributed by atoms with Gasteiger partial charge in [-0.15, -0.1) is 0 Å². The van der Waals surface area contributed by atoms with Crippen LogP contribution in [0.15, 0.2) is 65.2 Å². The Morgan fingerprint density at radius 3 is 2.42 bits per heavy atom. The number of aromatic nitrogens is 1. The van der Waals surface area contributed by atoms with Crippen LogP contribution >= 0.6 is 23.2 Å². The van der Waals surface area contributed by atoms with E-state index in [4.69, 9.17) is 37.2 Å². The third-order valence-corrected chi connectivity index (χ3v) is 10.4. The van der Waals surface area contributed by atoms with Crippen molar-refractivity contribution in [3.8, 4) is 17.0 Å². The van der Waals surface area contributed by atoms with Crippen LogP contribution in [0, 0.1) is 17.6 Å². The van der Waals surface area contributed by atoms with Crippen LogP contribution in [0.3, 0.4) is 0 Å². The molecule has 1 aliphatic heterocycles. The number of nitrogens with zero attached hydrogens (tertiary/aromatic N) is 3. The standard InChI is InChI=1S/C41H44Cl2F2N4O6/c1-24(50)46-17-15-25-5-12-33(42)27(19-25)21-49(28-8-9-28)39(51)32-22-48(40(52)54-41(2,3)4)18-16-31(32)26-6-10-29(11-7-26)53-23-30-20-36(47-55-30)37-34(44)13-14-35(45)38(37)43/h5-7,10-14,19-20,28,31-32H,8-9,15-18,21-23H2,1-4H3,(H,46,50)/t31-,32+/m1/s1. The van der Waals surface area contributed by atoms with Crippen molar-refractivity contribution in [3.05, 3.63) is 105 Å². The summed E-state index contributed by atoms with van der Waals surface area (Å²) in [5.41, 5.74) is 1.89. The van der Waals surface area contributed by atoms with E-state index in [1.54, 1.807) is 17.0 Å². The van der Waals surface area contributed by atoms with Crippen molar-refractivity contribution in [3.63, 3.8) is 0 Å². The summed E-state index contributed by atoms with van der Waals surface area (Å²) in [7, 11) is 0. The first-order valence-corrected chi connectivity index (χ1v) is 19.0. The molecule has 1 N–H and O–H groups in total. The number of ether oxygens (including phenoxy) is 2. The highest BCUT2D eigenvalue weighted by Gasteiger charge is 2.43. The molecule has 292 valence electrons. The molecular formula is C41H44Cl2F2N4O6. The molecule has 2 fully saturated rings. The lowest BCUT2D eigenvalue weighted by Gasteiger charge is -2.40. The summed E-state index contributed by atoms with van der Waals surface area (Å²) in [5.74, 6) is -1.64. The maximum Gasteiger partial charge on any atom is 0.410 e. The Hall–Kier alpha value is -4.68. The predicted molar refractivity (Wildman–Crippen MR) is 204 cm³/mol. The molecule has 2 atom stereocenters. The molecule has 14 heteroatoms. The third-order valence-electron chi connectivity index (χ3n) is 9.64. The van der Waals surface area contributed by atoms with Crippen LogP contribution in [-0.2, 0) is 33.9 Å². The average Bonchev–Trinajstić information content (AvgIpc) is 3.88. The number of hydrogen-bond donors (Lipinski definition) is 1. The largest absolute Gasteiger partial charge is 0.486 e. The number of benzene rings is 3. The maximum atomic E-state index is 14.7. The number of likely N-dealkylation sites (tertiary alicyclic amines) is 1. The van der Waals surface area contributed by atoms with Gasteiger partial charge in [0, 0.05) is 50.2 Å². The van der Waals surface area contributed by atoms with E-state index in [0.717, 1.165) is 41.7 Å². The van der Waals surface area contributed by atoms with Crippen molar-refractivity contribution in [2.24, 2.45) is 5.92 Å². The lowest BCUT2D eigenvalue weighted by Crippen LogP contribution is -2.51. The first-order valence-electron chi connectivity index (χ1n) is 18.3. The Labute approximate surface area is 329 Å². The topological polar surface area (TPSA) is 114 Å². The minimum absolute atomic E-state index is 0.0381. The Balaban J connectivity index is 1.19. The van der Waals surface area contributed by atoms with Gasteiger partial charge >= 0.3 is 6.09 Å². The van der Waals surface area contributed by atoms with Gasteiger partial charge in [-0.1, -0.05) is 52.6 Å². The molecule has 3 aromatic carbocycles. The van der Waals surface area contributed by atoms with Crippen molar-refractivity contribution in [2.45, 2.75) is 84.1 Å². The molecule has 10 nitrogen and oxygen atoms in total. The number of rotatable bonds is 12. The van der Waals surface area contributed by atoms with E-state index in [1.807, 2.05) is 56.0 Å². The Bertz CT molecular complexity index is 2030. The van der Waals surface area contributed by atoms with Gasteiger partial charge in [0.05, 0.1) is 16.5 Å². The van der Waals surface area contributed by atoms with E-state index in [9.17, 15) is 23.2 Å². The summed E-state index contributed by atoms with van der Waals surface area (Å²) >= 11 is 12.7. The number of carbonyl (C=O) groups excluding carboxylic acids is 3. The van der Waals surface area contributed by atoms with Crippen LogP contribution < -0.4 is 10.1 Å². The van der Waals surface area contributed by atoms with Crippen molar-refractivity contribution in [1.29, 1.82) is 0 Å². The van der Waals surface area contributed by atoms with Gasteiger partial charge in [0.1, 0.15) is 35.3 Å². The lowest BCUT2D eigenvalue weighted by molar-refractivity contribution is -0.139. The highest BCUT2D eigenvalue weighted by molar-refractivity contribution is 6.33. The normalized spacial score (nSPS) is 17.1. The molecule has 2 aliphatic rings. The summed E-state index contributed by atoms with van der Waals surface area (Å²) in [6.07, 6.45) is 2.45. The first kappa shape index (κ1) is 40.0. The molecule has 1 saturated carbocycles. The van der Waals surface area contributed by atoms with Gasteiger partial charge < -0.3 is 29.1 Å². The van der Waals surface area contributed by atoms with Crippen LogP contribution in [0.5, 0.6) is 5.75 Å². The fraction of sp³-hybridized carbons (Fsp3) is 0.415. The van der Waals surface area contributed by atoms with Crippen molar-refractivity contribution < 1.29 is 37.2 Å². The van der Waals surface area contributed by atoms with Crippen molar-refractivity contribution in [1.82, 2.24) is 20.3 Å². The highest BCUT2D eigenvalue weighted by atomic mass is 35.5. The number of piperidine rings is 1. The van der Waals surface area contributed by atoms with Crippen molar-refractivity contribution >= 4 is 41.1 Å². The molecule has 0 unspecified atom stereocenters. The summed E-state index contributed by atoms with van der Waals surface area (Å²) < 4.78 is 45.3. The molecular weight excluding hydrogens is 753 g/mol. The van der Waals surface area contributed by atoms with Gasteiger partial charge in [-0.25, -0.2) is 13.6 Å². The van der Waals surface area contributed by atoms with E-state index in [-0.39, 0.29) is 53.9 Å². The zero-order valence-corrected chi connectivity index (χ0v) is 32.7. The van der Waals surface area contributed by atoms with Gasteiger partial charge in [0.2, 0.25) is 11.8 Å². The zero-order chi connectivity index (χ0) is 39.4. The first-order chi connectivity index (χ1) is 26.2. The number of amides is 3. The molecule has 1 saturated heterocycles. The van der Waals surface area contributed by atoms with Gasteiger partial charge in [0.15, 0.2) is 5.76 Å². The third kappa shape index (κ3) is 10.1. The second kappa shape index (κ2) is 17.0. The van der Waals surface area contributed by atoms with Gasteiger partial charge in [-0.3, -0.25) is 9.59 Å². The summed E-state index contributed by atoms with van der Waals surface area (Å²) in [5, 5.41) is 6.82. The predicted octanol–water partition coefficient (Wildman–Crippen LogP) is 8.72. The monoisotopic (exact) mass is 796 g/mol. The maximum absolute atomic E-state index is 14.7. The lowest BCUT2D eigenvalue weighted by atomic mass is 9.79. The smallest absolute Gasteiger partial charge is 0.410 e. The van der Waals surface area contributed by atoms with E-state index in [1.165, 1.54) is 13.0 Å². The molecule has 0 spiro atoms. The molecule has 55 heavy (non-hydrogen) atoms. The minimum Gasteiger partial charge on any atom is -0.486 e. The second-order valence-electron chi connectivity index (χ2n) is 15.0. The van der Waals surface area contributed by atoms with Crippen LogP contribution in [0.2, 0.25) is 10.0 Å². The SMILES string of the molecule is CC(=O)NCCc1ccc(Cl)c(CN(C(=O)[C@H]2CN(C(=O)OC(C)(C)C)CC[C@@H]2c2ccc(OCc3cc(-c4c(F)ccc(F)c4Cl)no3)cc2)C2CC2)c1. The van der Waals surface area contributed by atoms with Crippen LogP contribution in [-0.4, -0.2) is 64.1 Å². The van der Waals surface area contributed by atoms with Gasteiger partial charge in [-0.05, 0) is 99.4 Å². The second-order valence-corrected chi connectivity index (χ2v) is 15.8. The summed E-state index contributed by atoms with van der Waals surface area (Å²) in [6, 6.07) is 16.6. The van der Waals surface area contributed by atoms with Crippen LogP contribution in [0.25, 0.3) is 11.3 Å². The molecule has 6 rings (SSSR count). The molecule has 2 heterocycles. The Kier molecular flexibility index (Phi) is 12.4. The Morgan fingerprint density at radius 2 is 1.73 bits per heavy atom. The summed E-state index contributed by atoms with van der Waals surface area (Å²) in [4.78, 5) is 42.9. The molecule has 4 aromatic rings. The van der Waals surface area contributed by atoms with E-state index >= 15 is 0 Å². The number of carbonyl (C=O) groups is 3. The van der Waals surface area contributed by atoms with Crippen LogP contribution in [0.4, 0.5) is 13.6 Å². The number of hydrogen-bond acceptors (Lipinski definition) is 7. The molecule has 3 amide bonds. The molecule has 1 aromatic heterocycles. The van der Waals surface area contributed by atoms with E-state index < -0.39 is 34.3 Å². The number of halogens is 4. The fourth-order valence-corrected chi connectivity index (χ4v) is 7.20. The average molecular weight is 798 g/mol. The highest BCUT2D eigenvalue weighted by Crippen LogP contribution is 2.39. The molecule has 1 aliphatic carbocycles. The summed E-state index contributed by atoms with van der Waals surface area (Å²) in [6.45, 7) is 8.29. The van der Waals surface area contributed by atoms with Gasteiger partial charge in [0.25, 0.3) is 0 Å². The van der Waals surface area contributed by atoms with E-state index in [0.29, 0.717) is 43.2 Å².